The second-order valence-corrected chi connectivity index (χ2v) is 7.66. The highest BCUT2D eigenvalue weighted by Gasteiger charge is 2.27. The van der Waals surface area contributed by atoms with Gasteiger partial charge in [0.05, 0.1) is 11.1 Å². The molecule has 2 atom stereocenters. The summed E-state index contributed by atoms with van der Waals surface area (Å²) in [6.45, 7) is 3.85. The minimum absolute atomic E-state index is 0.0540. The number of amides is 1. The highest BCUT2D eigenvalue weighted by Crippen LogP contribution is 2.39. The maximum Gasteiger partial charge on any atom is 0.404 e. The molecule has 2 heterocycles. The highest BCUT2D eigenvalue weighted by molar-refractivity contribution is 5.99. The van der Waals surface area contributed by atoms with Gasteiger partial charge >= 0.3 is 6.09 Å². The standard InChI is InChI=1S/C20H24N4O2/c1-12-4-6-15-16(9-12)23-19-13(10-21)5-7-17(18(15)19)24-8-2-3-14(11-24)22-20(25)26/h5,7,12,14,22-23H,2-4,6,8-9,11H2,1H3,(H,25,26)/t12?,14-/m0/s1. The molecule has 1 aromatic carbocycles. The molecule has 6 heteroatoms. The van der Waals surface area contributed by atoms with Crippen molar-refractivity contribution in [2.75, 3.05) is 18.0 Å². The highest BCUT2D eigenvalue weighted by atomic mass is 16.4. The number of aromatic nitrogens is 1. The van der Waals surface area contributed by atoms with Gasteiger partial charge in [0.1, 0.15) is 6.07 Å². The Morgan fingerprint density at radius 3 is 3.04 bits per heavy atom. The number of fused-ring (bicyclic) bond motifs is 3. The van der Waals surface area contributed by atoms with Gasteiger partial charge in [-0.25, -0.2) is 4.79 Å². The third-order valence-corrected chi connectivity index (χ3v) is 5.78. The predicted molar refractivity (Wildman–Crippen MR) is 101 cm³/mol. The van der Waals surface area contributed by atoms with Crippen molar-refractivity contribution in [3.63, 3.8) is 0 Å². The van der Waals surface area contributed by atoms with Crippen LogP contribution >= 0.6 is 0 Å². The fourth-order valence-electron chi connectivity index (χ4n) is 4.54. The normalized spacial score (nSPS) is 22.7. The quantitative estimate of drug-likeness (QED) is 0.772. The molecule has 0 spiro atoms. The Balaban J connectivity index is 1.78. The number of H-pyrrole nitrogens is 1. The molecule has 26 heavy (non-hydrogen) atoms. The van der Waals surface area contributed by atoms with Crippen LogP contribution < -0.4 is 10.2 Å². The molecular formula is C20H24N4O2. The van der Waals surface area contributed by atoms with Crippen LogP contribution in [0.4, 0.5) is 10.5 Å². The van der Waals surface area contributed by atoms with E-state index >= 15 is 0 Å². The monoisotopic (exact) mass is 352 g/mol. The van der Waals surface area contributed by atoms with Gasteiger partial charge in [-0.3, -0.25) is 0 Å². The number of aryl methyl sites for hydroxylation is 1. The number of nitrogens with one attached hydrogen (secondary N) is 2. The average Bonchev–Trinajstić information content (AvgIpc) is 2.99. The summed E-state index contributed by atoms with van der Waals surface area (Å²) in [5.74, 6) is 0.656. The molecule has 1 unspecified atom stereocenters. The van der Waals surface area contributed by atoms with Crippen molar-refractivity contribution in [3.05, 3.63) is 29.0 Å². The number of anilines is 1. The van der Waals surface area contributed by atoms with Crippen molar-refractivity contribution in [2.45, 2.75) is 45.1 Å². The van der Waals surface area contributed by atoms with Crippen LogP contribution in [0.1, 0.15) is 43.0 Å². The van der Waals surface area contributed by atoms with E-state index in [2.05, 4.69) is 28.2 Å². The molecule has 0 radical (unpaired) electrons. The van der Waals surface area contributed by atoms with E-state index in [4.69, 9.17) is 5.11 Å². The van der Waals surface area contributed by atoms with Crippen LogP contribution in [0.2, 0.25) is 0 Å². The number of aromatic amines is 1. The van der Waals surface area contributed by atoms with Gasteiger partial charge in [-0.05, 0) is 55.7 Å². The van der Waals surface area contributed by atoms with Crippen molar-refractivity contribution < 1.29 is 9.90 Å². The molecule has 6 nitrogen and oxygen atoms in total. The van der Waals surface area contributed by atoms with E-state index in [1.165, 1.54) is 23.1 Å². The van der Waals surface area contributed by atoms with E-state index in [9.17, 15) is 10.1 Å². The smallest absolute Gasteiger partial charge is 0.404 e. The second-order valence-electron chi connectivity index (χ2n) is 7.66. The molecule has 2 aliphatic rings. The second kappa shape index (κ2) is 6.56. The van der Waals surface area contributed by atoms with Gasteiger partial charge in [0.25, 0.3) is 0 Å². The molecule has 0 bridgehead atoms. The summed E-state index contributed by atoms with van der Waals surface area (Å²) in [5, 5.41) is 22.4. The Morgan fingerprint density at radius 2 is 2.27 bits per heavy atom. The Morgan fingerprint density at radius 1 is 1.42 bits per heavy atom. The van der Waals surface area contributed by atoms with Gasteiger partial charge in [-0.2, -0.15) is 5.26 Å². The largest absolute Gasteiger partial charge is 0.465 e. The van der Waals surface area contributed by atoms with Crippen LogP contribution in [0.15, 0.2) is 12.1 Å². The zero-order valence-corrected chi connectivity index (χ0v) is 15.0. The molecule has 0 saturated carbocycles. The first kappa shape index (κ1) is 16.8. The number of hydrogen-bond donors (Lipinski definition) is 3. The molecule has 3 N–H and O–H groups in total. The number of carbonyl (C=O) groups is 1. The molecule has 4 rings (SSSR count). The minimum atomic E-state index is -0.963. The SMILES string of the molecule is CC1CCc2c([nH]c3c(C#N)ccc(N4CCC[C@H](NC(=O)O)C4)c23)C1. The van der Waals surface area contributed by atoms with Crippen LogP contribution in [0.25, 0.3) is 10.9 Å². The topological polar surface area (TPSA) is 92.2 Å². The molecule has 1 saturated heterocycles. The molecule has 1 aromatic heterocycles. The average molecular weight is 352 g/mol. The van der Waals surface area contributed by atoms with Gasteiger partial charge in [-0.15, -0.1) is 0 Å². The van der Waals surface area contributed by atoms with Crippen molar-refractivity contribution in [3.8, 4) is 6.07 Å². The van der Waals surface area contributed by atoms with E-state index in [0.29, 0.717) is 18.0 Å². The van der Waals surface area contributed by atoms with E-state index in [0.717, 1.165) is 43.4 Å². The van der Waals surface area contributed by atoms with Crippen LogP contribution in [0.5, 0.6) is 0 Å². The zero-order chi connectivity index (χ0) is 18.3. The van der Waals surface area contributed by atoms with Gasteiger partial charge < -0.3 is 20.3 Å². The van der Waals surface area contributed by atoms with E-state index in [1.807, 2.05) is 12.1 Å². The zero-order valence-electron chi connectivity index (χ0n) is 15.0. The summed E-state index contributed by atoms with van der Waals surface area (Å²) in [4.78, 5) is 16.8. The molecular weight excluding hydrogens is 328 g/mol. The van der Waals surface area contributed by atoms with Crippen LogP contribution in [0.3, 0.4) is 0 Å². The Bertz CT molecular complexity index is 895. The van der Waals surface area contributed by atoms with Crippen LogP contribution in [0, 0.1) is 17.2 Å². The first-order chi connectivity index (χ1) is 12.6. The first-order valence-electron chi connectivity index (χ1n) is 9.37. The van der Waals surface area contributed by atoms with E-state index < -0.39 is 6.09 Å². The van der Waals surface area contributed by atoms with Gasteiger partial charge in [0, 0.05) is 35.9 Å². The maximum absolute atomic E-state index is 11.0. The van der Waals surface area contributed by atoms with Crippen molar-refractivity contribution >= 4 is 22.7 Å². The number of nitriles is 1. The van der Waals surface area contributed by atoms with Crippen molar-refractivity contribution in [1.82, 2.24) is 10.3 Å². The van der Waals surface area contributed by atoms with Crippen LogP contribution in [-0.2, 0) is 12.8 Å². The number of hydrogen-bond acceptors (Lipinski definition) is 3. The summed E-state index contributed by atoms with van der Waals surface area (Å²) in [7, 11) is 0. The Labute approximate surface area is 152 Å². The number of piperidine rings is 1. The van der Waals surface area contributed by atoms with Crippen molar-refractivity contribution in [2.24, 2.45) is 5.92 Å². The van der Waals surface area contributed by atoms with E-state index in [-0.39, 0.29) is 6.04 Å². The Kier molecular flexibility index (Phi) is 4.23. The fourth-order valence-corrected chi connectivity index (χ4v) is 4.54. The lowest BCUT2D eigenvalue weighted by molar-refractivity contribution is 0.188. The Hall–Kier alpha value is -2.68. The lowest BCUT2D eigenvalue weighted by atomic mass is 9.87. The summed E-state index contributed by atoms with van der Waals surface area (Å²) >= 11 is 0. The third-order valence-electron chi connectivity index (χ3n) is 5.78. The number of benzene rings is 1. The maximum atomic E-state index is 11.0. The number of rotatable bonds is 2. The number of carboxylic acid groups (broad SMARTS) is 1. The summed E-state index contributed by atoms with van der Waals surface area (Å²) in [6.07, 6.45) is 4.08. The van der Waals surface area contributed by atoms with Gasteiger partial charge in [-0.1, -0.05) is 6.92 Å². The lowest BCUT2D eigenvalue weighted by Gasteiger charge is -2.35. The molecule has 1 aliphatic carbocycles. The molecule has 2 aromatic rings. The third kappa shape index (κ3) is 2.88. The first-order valence-corrected chi connectivity index (χ1v) is 9.37. The molecule has 1 amide bonds. The summed E-state index contributed by atoms with van der Waals surface area (Å²) in [5.41, 5.74) is 5.36. The van der Waals surface area contributed by atoms with Gasteiger partial charge in [0.15, 0.2) is 0 Å². The number of nitrogens with zero attached hydrogens (tertiary/aromatic N) is 2. The molecule has 1 aliphatic heterocycles. The lowest BCUT2D eigenvalue weighted by Crippen LogP contribution is -2.47. The van der Waals surface area contributed by atoms with E-state index in [1.54, 1.807) is 0 Å². The molecule has 1 fully saturated rings. The molecule has 136 valence electrons. The van der Waals surface area contributed by atoms with Gasteiger partial charge in [0.2, 0.25) is 0 Å². The van der Waals surface area contributed by atoms with Crippen LogP contribution in [-0.4, -0.2) is 35.3 Å². The fraction of sp³-hybridized carbons (Fsp3) is 0.500. The predicted octanol–water partition coefficient (Wildman–Crippen LogP) is 3.40. The van der Waals surface area contributed by atoms with Crippen molar-refractivity contribution in [1.29, 1.82) is 5.26 Å². The summed E-state index contributed by atoms with van der Waals surface area (Å²) < 4.78 is 0. The summed E-state index contributed by atoms with van der Waals surface area (Å²) in [6, 6.07) is 6.19. The minimum Gasteiger partial charge on any atom is -0.465 e.